The fraction of sp³-hybridized carbons (Fsp3) is 0.500. The van der Waals surface area contributed by atoms with Crippen molar-refractivity contribution in [1.29, 1.82) is 0 Å². The summed E-state index contributed by atoms with van der Waals surface area (Å²) in [4.78, 5) is 17.2. The molecule has 0 bridgehead atoms. The van der Waals surface area contributed by atoms with Gasteiger partial charge >= 0.3 is 0 Å². The van der Waals surface area contributed by atoms with E-state index in [0.29, 0.717) is 12.4 Å². The molecule has 1 aromatic rings. The van der Waals surface area contributed by atoms with Gasteiger partial charge in [0.2, 0.25) is 0 Å². The van der Waals surface area contributed by atoms with E-state index in [1.54, 1.807) is 31.6 Å². The molecule has 1 fully saturated rings. The number of pyridine rings is 1. The summed E-state index contributed by atoms with van der Waals surface area (Å²) in [7, 11) is 1.64. The summed E-state index contributed by atoms with van der Waals surface area (Å²) >= 11 is 0. The van der Waals surface area contributed by atoms with Gasteiger partial charge in [-0.25, -0.2) is 0 Å². The standard InChI is InChI=1S/C12H16N2O4/c1-14(10-6-17-7-11(10)15)12(16)8-18-9-3-2-4-13-5-9/h2-5,10-11,15H,6-8H2,1H3/t10-,11-/m1/s1. The van der Waals surface area contributed by atoms with Crippen LogP contribution in [0.1, 0.15) is 0 Å². The fourth-order valence-corrected chi connectivity index (χ4v) is 1.77. The third-order valence-electron chi connectivity index (χ3n) is 2.91. The Morgan fingerprint density at radius 1 is 1.67 bits per heavy atom. The second-order valence-electron chi connectivity index (χ2n) is 4.15. The summed E-state index contributed by atoms with van der Waals surface area (Å²) in [6.45, 7) is 0.549. The van der Waals surface area contributed by atoms with E-state index < -0.39 is 6.10 Å². The summed E-state index contributed by atoms with van der Waals surface area (Å²) < 4.78 is 10.4. The number of aliphatic hydroxyl groups is 1. The highest BCUT2D eigenvalue weighted by molar-refractivity contribution is 5.77. The number of rotatable bonds is 4. The number of amides is 1. The van der Waals surface area contributed by atoms with Gasteiger partial charge in [-0.15, -0.1) is 0 Å². The second-order valence-corrected chi connectivity index (χ2v) is 4.15. The first-order chi connectivity index (χ1) is 8.68. The molecule has 0 spiro atoms. The number of carbonyl (C=O) groups is 1. The van der Waals surface area contributed by atoms with Gasteiger partial charge in [0.05, 0.1) is 31.6 Å². The third kappa shape index (κ3) is 2.96. The quantitative estimate of drug-likeness (QED) is 0.795. The topological polar surface area (TPSA) is 71.9 Å². The van der Waals surface area contributed by atoms with Crippen LogP contribution in [-0.4, -0.2) is 59.9 Å². The van der Waals surface area contributed by atoms with Crippen LogP contribution in [0.25, 0.3) is 0 Å². The van der Waals surface area contributed by atoms with E-state index in [9.17, 15) is 9.90 Å². The van der Waals surface area contributed by atoms with Crippen molar-refractivity contribution in [2.45, 2.75) is 12.1 Å². The predicted molar refractivity (Wildman–Crippen MR) is 63.1 cm³/mol. The molecule has 0 radical (unpaired) electrons. The van der Waals surface area contributed by atoms with Gasteiger partial charge in [-0.05, 0) is 12.1 Å². The van der Waals surface area contributed by atoms with Crippen LogP contribution in [0.15, 0.2) is 24.5 Å². The molecule has 18 heavy (non-hydrogen) atoms. The average molecular weight is 252 g/mol. The van der Waals surface area contributed by atoms with Crippen LogP contribution in [0.3, 0.4) is 0 Å². The van der Waals surface area contributed by atoms with Crippen LogP contribution in [-0.2, 0) is 9.53 Å². The number of carbonyl (C=O) groups excluding carboxylic acids is 1. The van der Waals surface area contributed by atoms with E-state index in [4.69, 9.17) is 9.47 Å². The lowest BCUT2D eigenvalue weighted by Gasteiger charge is -2.25. The SMILES string of the molecule is CN(C(=O)COc1cccnc1)[C@@H]1COC[C@H]1O. The molecule has 0 aromatic carbocycles. The minimum Gasteiger partial charge on any atom is -0.482 e. The molecule has 2 heterocycles. The van der Waals surface area contributed by atoms with Gasteiger partial charge < -0.3 is 19.5 Å². The zero-order valence-corrected chi connectivity index (χ0v) is 10.2. The molecule has 0 unspecified atom stereocenters. The monoisotopic (exact) mass is 252 g/mol. The molecule has 2 rings (SSSR count). The maximum atomic E-state index is 11.9. The molecule has 6 nitrogen and oxygen atoms in total. The number of aromatic nitrogens is 1. The van der Waals surface area contributed by atoms with E-state index in [0.717, 1.165) is 0 Å². The highest BCUT2D eigenvalue weighted by Gasteiger charge is 2.32. The highest BCUT2D eigenvalue weighted by Crippen LogP contribution is 2.12. The summed E-state index contributed by atoms with van der Waals surface area (Å²) in [5, 5.41) is 9.62. The lowest BCUT2D eigenvalue weighted by atomic mass is 10.2. The van der Waals surface area contributed by atoms with E-state index in [1.165, 1.54) is 4.90 Å². The number of hydrogen-bond acceptors (Lipinski definition) is 5. The van der Waals surface area contributed by atoms with E-state index >= 15 is 0 Å². The Hall–Kier alpha value is -1.66. The van der Waals surface area contributed by atoms with Crippen LogP contribution >= 0.6 is 0 Å². The van der Waals surface area contributed by atoms with Crippen LogP contribution < -0.4 is 4.74 Å². The lowest BCUT2D eigenvalue weighted by molar-refractivity contribution is -0.135. The summed E-state index contributed by atoms with van der Waals surface area (Å²) in [5.41, 5.74) is 0. The molecule has 0 saturated carbocycles. The van der Waals surface area contributed by atoms with Crippen molar-refractivity contribution in [1.82, 2.24) is 9.88 Å². The maximum absolute atomic E-state index is 11.9. The van der Waals surface area contributed by atoms with Crippen LogP contribution in [0, 0.1) is 0 Å². The van der Waals surface area contributed by atoms with Gasteiger partial charge in [0.15, 0.2) is 6.61 Å². The van der Waals surface area contributed by atoms with Gasteiger partial charge in [-0.1, -0.05) is 0 Å². The Labute approximate surface area is 105 Å². The number of ether oxygens (including phenoxy) is 2. The molecule has 1 N–H and O–H groups in total. The van der Waals surface area contributed by atoms with E-state index in [-0.39, 0.29) is 25.2 Å². The molecule has 1 aromatic heterocycles. The van der Waals surface area contributed by atoms with E-state index in [1.807, 2.05) is 0 Å². The molecule has 1 aliphatic heterocycles. The van der Waals surface area contributed by atoms with Crippen molar-refractivity contribution >= 4 is 5.91 Å². The normalized spacial score (nSPS) is 22.8. The van der Waals surface area contributed by atoms with Crippen LogP contribution in [0.4, 0.5) is 0 Å². The number of aliphatic hydroxyl groups excluding tert-OH is 1. The van der Waals surface area contributed by atoms with Crippen LogP contribution in [0.2, 0.25) is 0 Å². The van der Waals surface area contributed by atoms with Crippen molar-refractivity contribution < 1.29 is 19.4 Å². The van der Waals surface area contributed by atoms with Gasteiger partial charge in [-0.3, -0.25) is 9.78 Å². The molecular weight excluding hydrogens is 236 g/mol. The summed E-state index contributed by atoms with van der Waals surface area (Å²) in [6.07, 6.45) is 2.55. The largest absolute Gasteiger partial charge is 0.482 e. The van der Waals surface area contributed by atoms with Gasteiger partial charge in [0.1, 0.15) is 5.75 Å². The maximum Gasteiger partial charge on any atom is 0.260 e. The molecule has 2 atom stereocenters. The Morgan fingerprint density at radius 2 is 2.50 bits per heavy atom. The number of likely N-dealkylation sites (N-methyl/N-ethyl adjacent to an activating group) is 1. The van der Waals surface area contributed by atoms with Gasteiger partial charge in [0.25, 0.3) is 5.91 Å². The summed E-state index contributed by atoms with van der Waals surface area (Å²) in [5.74, 6) is 0.343. The van der Waals surface area contributed by atoms with E-state index in [2.05, 4.69) is 4.98 Å². The van der Waals surface area contributed by atoms with Crippen LogP contribution in [0.5, 0.6) is 5.75 Å². The molecular formula is C12H16N2O4. The third-order valence-corrected chi connectivity index (χ3v) is 2.91. The van der Waals surface area contributed by atoms with Crippen molar-refractivity contribution in [2.24, 2.45) is 0 Å². The zero-order chi connectivity index (χ0) is 13.0. The highest BCUT2D eigenvalue weighted by atomic mass is 16.5. The lowest BCUT2D eigenvalue weighted by Crippen LogP contribution is -2.45. The fourth-order valence-electron chi connectivity index (χ4n) is 1.77. The molecule has 1 saturated heterocycles. The molecule has 0 aliphatic carbocycles. The second kappa shape index (κ2) is 5.79. The molecule has 1 aliphatic rings. The Bertz CT molecular complexity index is 398. The minimum atomic E-state index is -0.627. The van der Waals surface area contributed by atoms with Crippen molar-refractivity contribution in [2.75, 3.05) is 26.9 Å². The Kier molecular flexibility index (Phi) is 4.11. The van der Waals surface area contributed by atoms with Crippen molar-refractivity contribution in [3.8, 4) is 5.75 Å². The Morgan fingerprint density at radius 3 is 3.11 bits per heavy atom. The molecule has 1 amide bonds. The molecule has 6 heteroatoms. The summed E-state index contributed by atoms with van der Waals surface area (Å²) in [6, 6.07) is 3.17. The Balaban J connectivity index is 1.84. The first kappa shape index (κ1) is 12.8. The average Bonchev–Trinajstić information content (AvgIpc) is 2.82. The smallest absolute Gasteiger partial charge is 0.260 e. The minimum absolute atomic E-state index is 0.0780. The predicted octanol–water partition coefficient (Wildman–Crippen LogP) is -0.322. The number of hydrogen-bond donors (Lipinski definition) is 1. The van der Waals surface area contributed by atoms with Crippen molar-refractivity contribution in [3.05, 3.63) is 24.5 Å². The molecule has 98 valence electrons. The first-order valence-electron chi connectivity index (χ1n) is 5.73. The van der Waals surface area contributed by atoms with Gasteiger partial charge in [-0.2, -0.15) is 0 Å². The van der Waals surface area contributed by atoms with Crippen molar-refractivity contribution in [3.63, 3.8) is 0 Å². The first-order valence-corrected chi connectivity index (χ1v) is 5.73. The number of nitrogens with zero attached hydrogens (tertiary/aromatic N) is 2. The zero-order valence-electron chi connectivity index (χ0n) is 10.2. The van der Waals surface area contributed by atoms with Gasteiger partial charge in [0, 0.05) is 13.2 Å².